The van der Waals surface area contributed by atoms with Gasteiger partial charge >= 0.3 is 0 Å². The lowest BCUT2D eigenvalue weighted by Crippen LogP contribution is -2.21. The quantitative estimate of drug-likeness (QED) is 0.722. The van der Waals surface area contributed by atoms with E-state index >= 15 is 0 Å². The minimum atomic E-state index is -0.898. The van der Waals surface area contributed by atoms with Gasteiger partial charge in [-0.1, -0.05) is 0 Å². The Bertz CT molecular complexity index is 248. The first-order valence-corrected chi connectivity index (χ1v) is 3.89. The molecule has 0 aliphatic carbocycles. The summed E-state index contributed by atoms with van der Waals surface area (Å²) in [6.45, 7) is -0.344. The van der Waals surface area contributed by atoms with Crippen LogP contribution in [0.3, 0.4) is 0 Å². The van der Waals surface area contributed by atoms with Gasteiger partial charge in [-0.3, -0.25) is 0 Å². The molecule has 0 aliphatic heterocycles. The van der Waals surface area contributed by atoms with Crippen molar-refractivity contribution in [1.82, 2.24) is 0 Å². The molecule has 0 bridgehead atoms. The number of rotatable bonds is 4. The first kappa shape index (κ1) is 9.95. The van der Waals surface area contributed by atoms with Crippen molar-refractivity contribution in [2.75, 3.05) is 13.2 Å². The van der Waals surface area contributed by atoms with Gasteiger partial charge < -0.3 is 14.9 Å². The molecule has 1 aromatic rings. The van der Waals surface area contributed by atoms with Crippen LogP contribution in [0.4, 0.5) is 4.39 Å². The number of ether oxygens (including phenoxy) is 1. The Morgan fingerprint density at radius 1 is 1.31 bits per heavy atom. The molecular formula is C9H11FO3. The molecule has 2 N–H and O–H groups in total. The molecule has 0 saturated heterocycles. The highest BCUT2D eigenvalue weighted by atomic mass is 19.1. The van der Waals surface area contributed by atoms with Crippen LogP contribution in [0, 0.1) is 5.82 Å². The molecule has 0 aliphatic rings. The van der Waals surface area contributed by atoms with E-state index in [0.29, 0.717) is 5.75 Å². The fourth-order valence-corrected chi connectivity index (χ4v) is 0.776. The van der Waals surface area contributed by atoms with E-state index < -0.39 is 6.10 Å². The number of hydrogen-bond acceptors (Lipinski definition) is 3. The summed E-state index contributed by atoms with van der Waals surface area (Å²) >= 11 is 0. The van der Waals surface area contributed by atoms with Crippen molar-refractivity contribution in [2.24, 2.45) is 0 Å². The maximum atomic E-state index is 12.4. The Balaban J connectivity index is 2.41. The zero-order valence-electron chi connectivity index (χ0n) is 6.98. The lowest BCUT2D eigenvalue weighted by molar-refractivity contribution is 0.0536. The molecule has 0 saturated carbocycles. The first-order chi connectivity index (χ1) is 6.22. The molecule has 4 heteroatoms. The first-order valence-electron chi connectivity index (χ1n) is 3.89. The van der Waals surface area contributed by atoms with Crippen LogP contribution in [0.15, 0.2) is 24.3 Å². The van der Waals surface area contributed by atoms with Gasteiger partial charge in [0.15, 0.2) is 0 Å². The Hall–Kier alpha value is -1.13. The topological polar surface area (TPSA) is 49.7 Å². The highest BCUT2D eigenvalue weighted by molar-refractivity contribution is 5.21. The third kappa shape index (κ3) is 3.40. The summed E-state index contributed by atoms with van der Waals surface area (Å²) in [5.41, 5.74) is 0. The molecular weight excluding hydrogens is 175 g/mol. The van der Waals surface area contributed by atoms with Crippen molar-refractivity contribution in [3.05, 3.63) is 30.1 Å². The van der Waals surface area contributed by atoms with Crippen LogP contribution in [-0.2, 0) is 0 Å². The van der Waals surface area contributed by atoms with Crippen molar-refractivity contribution in [3.8, 4) is 5.75 Å². The predicted molar refractivity (Wildman–Crippen MR) is 45.0 cm³/mol. The van der Waals surface area contributed by atoms with E-state index in [1.54, 1.807) is 0 Å². The predicted octanol–water partition coefficient (Wildman–Crippen LogP) is 0.558. The molecule has 0 fully saturated rings. The molecule has 3 nitrogen and oxygen atoms in total. The second-order valence-corrected chi connectivity index (χ2v) is 2.60. The van der Waals surface area contributed by atoms with Gasteiger partial charge in [-0.2, -0.15) is 0 Å². The van der Waals surface area contributed by atoms with Gasteiger partial charge in [0, 0.05) is 0 Å². The summed E-state index contributed by atoms with van der Waals surface area (Å²) in [6.07, 6.45) is -0.898. The summed E-state index contributed by atoms with van der Waals surface area (Å²) in [5.74, 6) is 0.129. The van der Waals surface area contributed by atoms with E-state index in [1.165, 1.54) is 24.3 Å². The van der Waals surface area contributed by atoms with E-state index in [-0.39, 0.29) is 19.0 Å². The minimum Gasteiger partial charge on any atom is -0.491 e. The maximum absolute atomic E-state index is 12.4. The normalized spacial score (nSPS) is 12.5. The number of halogens is 1. The van der Waals surface area contributed by atoms with Gasteiger partial charge in [0.25, 0.3) is 0 Å². The van der Waals surface area contributed by atoms with Crippen LogP contribution in [-0.4, -0.2) is 29.5 Å². The van der Waals surface area contributed by atoms with E-state index in [4.69, 9.17) is 14.9 Å². The lowest BCUT2D eigenvalue weighted by Gasteiger charge is -2.09. The van der Waals surface area contributed by atoms with Gasteiger partial charge in [0.1, 0.15) is 24.3 Å². The van der Waals surface area contributed by atoms with Gasteiger partial charge in [-0.25, -0.2) is 4.39 Å². The number of aliphatic hydroxyl groups excluding tert-OH is 2. The fraction of sp³-hybridized carbons (Fsp3) is 0.333. The average molecular weight is 186 g/mol. The Morgan fingerprint density at radius 2 is 1.92 bits per heavy atom. The molecule has 0 amide bonds. The van der Waals surface area contributed by atoms with Gasteiger partial charge in [0.05, 0.1) is 6.61 Å². The smallest absolute Gasteiger partial charge is 0.123 e. The molecule has 0 unspecified atom stereocenters. The van der Waals surface area contributed by atoms with Crippen molar-refractivity contribution in [2.45, 2.75) is 6.10 Å². The third-order valence-corrected chi connectivity index (χ3v) is 1.47. The SMILES string of the molecule is OC[C@H](O)COc1ccc(F)cc1. The van der Waals surface area contributed by atoms with E-state index in [0.717, 1.165) is 0 Å². The van der Waals surface area contributed by atoms with Crippen molar-refractivity contribution >= 4 is 0 Å². The van der Waals surface area contributed by atoms with Crippen molar-refractivity contribution in [1.29, 1.82) is 0 Å². The van der Waals surface area contributed by atoms with Gasteiger partial charge in [0.2, 0.25) is 0 Å². The Kier molecular flexibility index (Phi) is 3.67. The number of benzene rings is 1. The van der Waals surface area contributed by atoms with Crippen LogP contribution in [0.5, 0.6) is 5.75 Å². The molecule has 13 heavy (non-hydrogen) atoms. The largest absolute Gasteiger partial charge is 0.491 e. The van der Waals surface area contributed by atoms with E-state index in [2.05, 4.69) is 0 Å². The highest BCUT2D eigenvalue weighted by Gasteiger charge is 2.02. The molecule has 0 aromatic heterocycles. The molecule has 1 rings (SSSR count). The van der Waals surface area contributed by atoms with Crippen LogP contribution in [0.25, 0.3) is 0 Å². The van der Waals surface area contributed by atoms with E-state index in [9.17, 15) is 4.39 Å². The van der Waals surface area contributed by atoms with Crippen LogP contribution >= 0.6 is 0 Å². The number of hydrogen-bond donors (Lipinski definition) is 2. The second-order valence-electron chi connectivity index (χ2n) is 2.60. The minimum absolute atomic E-state index is 0.00212. The maximum Gasteiger partial charge on any atom is 0.123 e. The third-order valence-electron chi connectivity index (χ3n) is 1.47. The Labute approximate surface area is 75.4 Å². The average Bonchev–Trinajstić information content (AvgIpc) is 2.16. The highest BCUT2D eigenvalue weighted by Crippen LogP contribution is 2.10. The summed E-state index contributed by atoms with van der Waals surface area (Å²) in [5, 5.41) is 17.4. The zero-order chi connectivity index (χ0) is 9.68. The monoisotopic (exact) mass is 186 g/mol. The van der Waals surface area contributed by atoms with Crippen LogP contribution < -0.4 is 4.74 Å². The summed E-state index contributed by atoms with van der Waals surface area (Å²) in [7, 11) is 0. The summed E-state index contributed by atoms with van der Waals surface area (Å²) < 4.78 is 17.4. The number of aliphatic hydroxyl groups is 2. The molecule has 0 heterocycles. The van der Waals surface area contributed by atoms with E-state index in [1.807, 2.05) is 0 Å². The standard InChI is InChI=1S/C9H11FO3/c10-7-1-3-9(4-2-7)13-6-8(12)5-11/h1-4,8,11-12H,5-6H2/t8-/m0/s1. The van der Waals surface area contributed by atoms with Crippen LogP contribution in [0.1, 0.15) is 0 Å². The molecule has 1 atom stereocenters. The fourth-order valence-electron chi connectivity index (χ4n) is 0.776. The summed E-state index contributed by atoms with van der Waals surface area (Å²) in [6, 6.07) is 5.44. The van der Waals surface area contributed by atoms with Gasteiger partial charge in [-0.15, -0.1) is 0 Å². The second kappa shape index (κ2) is 4.79. The zero-order valence-corrected chi connectivity index (χ0v) is 6.98. The van der Waals surface area contributed by atoms with Crippen molar-refractivity contribution < 1.29 is 19.3 Å². The lowest BCUT2D eigenvalue weighted by atomic mass is 10.3. The van der Waals surface area contributed by atoms with Crippen molar-refractivity contribution in [3.63, 3.8) is 0 Å². The van der Waals surface area contributed by atoms with Crippen LogP contribution in [0.2, 0.25) is 0 Å². The molecule has 0 spiro atoms. The van der Waals surface area contributed by atoms with Gasteiger partial charge in [-0.05, 0) is 24.3 Å². The molecule has 1 aromatic carbocycles. The summed E-state index contributed by atoms with van der Waals surface area (Å²) in [4.78, 5) is 0. The molecule has 0 radical (unpaired) electrons. The molecule has 72 valence electrons. The Morgan fingerprint density at radius 3 is 2.46 bits per heavy atom.